The van der Waals surface area contributed by atoms with E-state index in [0.717, 1.165) is 51.6 Å². The predicted molar refractivity (Wildman–Crippen MR) is 203 cm³/mol. The summed E-state index contributed by atoms with van der Waals surface area (Å²) in [6.45, 7) is 14.6. The fourth-order valence-electron chi connectivity index (χ4n) is 4.97. The van der Waals surface area contributed by atoms with Gasteiger partial charge in [-0.1, -0.05) is 0 Å². The molecule has 0 saturated heterocycles. The number of nitrogens with one attached hydrogen (secondary N) is 4. The number of hydrogen-bond acceptors (Lipinski definition) is 9. The fourth-order valence-corrected chi connectivity index (χ4v) is 4.97. The van der Waals surface area contributed by atoms with Gasteiger partial charge in [0.25, 0.3) is 0 Å². The summed E-state index contributed by atoms with van der Waals surface area (Å²) < 4.78 is 26.1. The highest BCUT2D eigenvalue weighted by Gasteiger charge is 2.18. The van der Waals surface area contributed by atoms with Gasteiger partial charge in [0, 0.05) is 43.5 Å². The number of benzene rings is 2. The Labute approximate surface area is 311 Å². The number of ether oxygens (including phenoxy) is 4. The SMILES string of the molecule is CC(=O)N=c1n(CCCCCOc2ccc(C(=N)NC(=O)OC(C)(C)C)cc2)ccn1CCCCCOc1ccc(C(=N)NC(=O)OC(C)(C)C)cc1. The largest absolute Gasteiger partial charge is 0.494 e. The van der Waals surface area contributed by atoms with Crippen LogP contribution in [-0.4, -0.2) is 63.3 Å². The van der Waals surface area contributed by atoms with Crippen LogP contribution in [0.2, 0.25) is 0 Å². The van der Waals surface area contributed by atoms with Gasteiger partial charge in [-0.25, -0.2) is 9.59 Å². The summed E-state index contributed by atoms with van der Waals surface area (Å²) in [6, 6.07) is 13.9. The molecule has 4 N–H and O–H groups in total. The number of amides is 3. The van der Waals surface area contributed by atoms with E-state index in [9.17, 15) is 14.4 Å². The first kappa shape index (κ1) is 42.0. The lowest BCUT2D eigenvalue weighted by atomic mass is 10.2. The fraction of sp³-hybridized carbons (Fsp3) is 0.487. The van der Waals surface area contributed by atoms with Crippen LogP contribution < -0.4 is 25.7 Å². The van der Waals surface area contributed by atoms with E-state index in [2.05, 4.69) is 15.6 Å². The molecule has 2 aromatic carbocycles. The van der Waals surface area contributed by atoms with Crippen molar-refractivity contribution in [1.29, 1.82) is 10.8 Å². The van der Waals surface area contributed by atoms with Gasteiger partial charge in [0.15, 0.2) is 0 Å². The Morgan fingerprint density at radius 2 is 1.00 bits per heavy atom. The van der Waals surface area contributed by atoms with E-state index < -0.39 is 23.4 Å². The molecule has 0 bridgehead atoms. The van der Waals surface area contributed by atoms with Crippen molar-refractivity contribution in [2.45, 2.75) is 111 Å². The lowest BCUT2D eigenvalue weighted by molar-refractivity contribution is -0.116. The van der Waals surface area contributed by atoms with Gasteiger partial charge in [-0.05, 0) is 129 Å². The van der Waals surface area contributed by atoms with Gasteiger partial charge in [-0.15, -0.1) is 0 Å². The third kappa shape index (κ3) is 16.2. The van der Waals surface area contributed by atoms with Crippen LogP contribution in [0.25, 0.3) is 0 Å². The third-order valence-electron chi connectivity index (χ3n) is 7.36. The molecule has 0 aliphatic heterocycles. The van der Waals surface area contributed by atoms with Gasteiger partial charge in [0.2, 0.25) is 11.5 Å². The third-order valence-corrected chi connectivity index (χ3v) is 7.36. The Bertz CT molecular complexity index is 1630. The van der Waals surface area contributed by atoms with Crippen LogP contribution in [0.3, 0.4) is 0 Å². The summed E-state index contributed by atoms with van der Waals surface area (Å²) in [5, 5.41) is 21.1. The molecule has 0 radical (unpaired) electrons. The minimum atomic E-state index is -0.670. The van der Waals surface area contributed by atoms with Gasteiger partial charge in [-0.3, -0.25) is 26.2 Å². The summed E-state index contributed by atoms with van der Waals surface area (Å²) in [4.78, 5) is 40.1. The highest BCUT2D eigenvalue weighted by Crippen LogP contribution is 2.15. The molecule has 3 rings (SSSR count). The lowest BCUT2D eigenvalue weighted by Crippen LogP contribution is -2.36. The molecule has 3 aromatic rings. The molecule has 0 atom stereocenters. The molecule has 14 nitrogen and oxygen atoms in total. The number of unbranched alkanes of at least 4 members (excludes halogenated alkanes) is 4. The second kappa shape index (κ2) is 20.0. The molecule has 0 aliphatic carbocycles. The Morgan fingerprint density at radius 1 is 0.623 bits per heavy atom. The van der Waals surface area contributed by atoms with Gasteiger partial charge in [-0.2, -0.15) is 4.99 Å². The van der Waals surface area contributed by atoms with Gasteiger partial charge in [0.05, 0.1) is 13.2 Å². The smallest absolute Gasteiger partial charge is 0.413 e. The molecule has 53 heavy (non-hydrogen) atoms. The van der Waals surface area contributed by atoms with E-state index in [1.54, 1.807) is 90.1 Å². The van der Waals surface area contributed by atoms with Gasteiger partial charge < -0.3 is 28.1 Å². The number of carbonyl (C=O) groups excluding carboxylic acids is 3. The standard InChI is InChI=1S/C39H55N7O7/c1-28(47)42-35-45(22-10-8-12-26-50-31-18-14-29(15-19-31)33(40)43-36(48)52-38(2,3)4)24-25-46(35)23-11-9-13-27-51-32-20-16-30(17-21-32)34(41)44-37(49)53-39(5,6)7/h14-21,24-25H,8-13,22-23,26-27H2,1-7H3,(H2,40,43,48)(H2,41,44,49). The number of amidine groups is 2. The van der Waals surface area contributed by atoms with E-state index in [1.807, 2.05) is 21.5 Å². The summed E-state index contributed by atoms with van der Waals surface area (Å²) in [7, 11) is 0. The van der Waals surface area contributed by atoms with E-state index in [-0.39, 0.29) is 17.6 Å². The normalized spacial score (nSPS) is 11.3. The van der Waals surface area contributed by atoms with Crippen LogP contribution in [0.4, 0.5) is 9.59 Å². The topological polar surface area (TPSA) is 182 Å². The van der Waals surface area contributed by atoms with Crippen LogP contribution in [0.5, 0.6) is 11.5 Å². The van der Waals surface area contributed by atoms with Crippen molar-refractivity contribution in [3.8, 4) is 11.5 Å². The minimum absolute atomic E-state index is 0.0464. The molecular weight excluding hydrogens is 678 g/mol. The highest BCUT2D eigenvalue weighted by molar-refractivity contribution is 6.05. The number of hydrogen-bond donors (Lipinski definition) is 4. The van der Waals surface area contributed by atoms with Crippen molar-refractivity contribution < 1.29 is 33.3 Å². The first-order valence-corrected chi connectivity index (χ1v) is 17.9. The molecule has 0 spiro atoms. The van der Waals surface area contributed by atoms with Crippen molar-refractivity contribution in [3.05, 3.63) is 77.7 Å². The van der Waals surface area contributed by atoms with Gasteiger partial charge >= 0.3 is 12.2 Å². The molecule has 0 saturated carbocycles. The summed E-state index contributed by atoms with van der Waals surface area (Å²) in [5.74, 6) is 1.03. The highest BCUT2D eigenvalue weighted by atomic mass is 16.6. The average molecular weight is 734 g/mol. The zero-order valence-corrected chi connectivity index (χ0v) is 32.0. The van der Waals surface area contributed by atoms with Gasteiger partial charge in [0.1, 0.15) is 34.4 Å². The van der Waals surface area contributed by atoms with Crippen molar-refractivity contribution in [1.82, 2.24) is 19.8 Å². The number of imidazole rings is 1. The van der Waals surface area contributed by atoms with Crippen LogP contribution in [-0.2, 0) is 27.4 Å². The molecule has 1 aromatic heterocycles. The van der Waals surface area contributed by atoms with Crippen LogP contribution in [0, 0.1) is 10.8 Å². The Kier molecular flexibility index (Phi) is 15.9. The van der Waals surface area contributed by atoms with Crippen molar-refractivity contribution in [2.75, 3.05) is 13.2 Å². The zero-order chi connectivity index (χ0) is 39.0. The average Bonchev–Trinajstić information content (AvgIpc) is 3.42. The van der Waals surface area contributed by atoms with Crippen molar-refractivity contribution in [3.63, 3.8) is 0 Å². The monoisotopic (exact) mass is 733 g/mol. The van der Waals surface area contributed by atoms with E-state index in [4.69, 9.17) is 29.8 Å². The van der Waals surface area contributed by atoms with E-state index >= 15 is 0 Å². The maximum atomic E-state index is 11.9. The van der Waals surface area contributed by atoms with E-state index in [1.165, 1.54) is 6.92 Å². The maximum absolute atomic E-state index is 11.9. The molecule has 0 unspecified atom stereocenters. The Morgan fingerprint density at radius 3 is 1.34 bits per heavy atom. The van der Waals surface area contributed by atoms with Crippen LogP contribution >= 0.6 is 0 Å². The Balaban J connectivity index is 1.34. The van der Waals surface area contributed by atoms with Crippen LogP contribution in [0.15, 0.2) is 65.9 Å². The maximum Gasteiger partial charge on any atom is 0.413 e. The number of aryl methyl sites for hydroxylation is 2. The molecule has 3 amide bonds. The molecular formula is C39H55N7O7. The number of rotatable bonds is 16. The summed E-state index contributed by atoms with van der Waals surface area (Å²) in [5.41, 5.74) is 0.445. The molecule has 288 valence electrons. The minimum Gasteiger partial charge on any atom is -0.494 e. The molecule has 14 heteroatoms. The Hall–Kier alpha value is -5.40. The summed E-state index contributed by atoms with van der Waals surface area (Å²) in [6.07, 6.45) is 7.92. The quantitative estimate of drug-likeness (QED) is 0.0699. The first-order chi connectivity index (χ1) is 25.0. The second-order valence-electron chi connectivity index (χ2n) is 14.5. The predicted octanol–water partition coefficient (Wildman–Crippen LogP) is 6.94. The zero-order valence-electron chi connectivity index (χ0n) is 32.0. The molecule has 1 heterocycles. The lowest BCUT2D eigenvalue weighted by Gasteiger charge is -2.19. The second-order valence-corrected chi connectivity index (χ2v) is 14.5. The summed E-state index contributed by atoms with van der Waals surface area (Å²) >= 11 is 0. The van der Waals surface area contributed by atoms with Crippen molar-refractivity contribution >= 4 is 29.8 Å². The first-order valence-electron chi connectivity index (χ1n) is 17.9. The number of carbonyl (C=O) groups is 3. The molecule has 0 aliphatic rings. The number of aromatic nitrogens is 2. The van der Waals surface area contributed by atoms with Crippen molar-refractivity contribution in [2.24, 2.45) is 4.99 Å². The number of alkyl carbamates (subject to hydrolysis) is 2. The number of nitrogens with zero attached hydrogens (tertiary/aromatic N) is 3. The van der Waals surface area contributed by atoms with Crippen LogP contribution in [0.1, 0.15) is 98.1 Å². The molecule has 0 fully saturated rings. The van der Waals surface area contributed by atoms with E-state index in [0.29, 0.717) is 41.5 Å².